The molecule has 2 amide bonds. The SMILES string of the molecule is Cc1cc(NCC(=O)N2c3ccccc3CC[C@@H]2C)ccc1N1CCCC1=O. The summed E-state index contributed by atoms with van der Waals surface area (Å²) in [4.78, 5) is 28.7. The van der Waals surface area contributed by atoms with E-state index in [9.17, 15) is 9.59 Å². The summed E-state index contributed by atoms with van der Waals surface area (Å²) >= 11 is 0. The number of hydrogen-bond acceptors (Lipinski definition) is 3. The third-order valence-corrected chi connectivity index (χ3v) is 5.80. The minimum absolute atomic E-state index is 0.0797. The number of aryl methyl sites for hydroxylation is 2. The maximum Gasteiger partial charge on any atom is 0.246 e. The number of fused-ring (bicyclic) bond motifs is 1. The number of rotatable bonds is 4. The molecule has 4 rings (SSSR count). The van der Waals surface area contributed by atoms with Gasteiger partial charge in [0.1, 0.15) is 0 Å². The van der Waals surface area contributed by atoms with E-state index in [1.165, 1.54) is 5.56 Å². The highest BCUT2D eigenvalue weighted by atomic mass is 16.2. The topological polar surface area (TPSA) is 52.7 Å². The maximum atomic E-state index is 13.0. The molecule has 1 N–H and O–H groups in total. The Bertz CT molecular complexity index is 908. The second-order valence-electron chi connectivity index (χ2n) is 7.78. The van der Waals surface area contributed by atoms with Crippen LogP contribution in [0, 0.1) is 6.92 Å². The van der Waals surface area contributed by atoms with Gasteiger partial charge in [-0.25, -0.2) is 0 Å². The van der Waals surface area contributed by atoms with E-state index in [-0.39, 0.29) is 24.4 Å². The van der Waals surface area contributed by atoms with Crippen molar-refractivity contribution in [1.29, 1.82) is 0 Å². The molecule has 2 heterocycles. The average Bonchev–Trinajstić information content (AvgIpc) is 3.11. The van der Waals surface area contributed by atoms with Crippen molar-refractivity contribution in [2.75, 3.05) is 28.2 Å². The number of amides is 2. The molecule has 5 heteroatoms. The molecule has 0 unspecified atom stereocenters. The van der Waals surface area contributed by atoms with Gasteiger partial charge in [-0.1, -0.05) is 18.2 Å². The lowest BCUT2D eigenvalue weighted by molar-refractivity contribution is -0.118. The lowest BCUT2D eigenvalue weighted by atomic mass is 9.96. The molecule has 0 aromatic heterocycles. The van der Waals surface area contributed by atoms with Crippen LogP contribution in [0.4, 0.5) is 17.1 Å². The molecular weight excluding hydrogens is 350 g/mol. The zero-order chi connectivity index (χ0) is 19.7. The van der Waals surface area contributed by atoms with E-state index in [2.05, 4.69) is 18.3 Å². The van der Waals surface area contributed by atoms with E-state index >= 15 is 0 Å². The number of hydrogen-bond donors (Lipinski definition) is 1. The first-order valence-corrected chi connectivity index (χ1v) is 10.1. The van der Waals surface area contributed by atoms with Gasteiger partial charge >= 0.3 is 0 Å². The van der Waals surface area contributed by atoms with Gasteiger partial charge in [0.15, 0.2) is 0 Å². The minimum Gasteiger partial charge on any atom is -0.376 e. The van der Waals surface area contributed by atoms with Gasteiger partial charge in [-0.15, -0.1) is 0 Å². The normalized spacial score (nSPS) is 18.9. The first-order valence-electron chi connectivity index (χ1n) is 10.1. The molecule has 0 saturated carbocycles. The van der Waals surface area contributed by atoms with Gasteiger partial charge in [0.05, 0.1) is 6.54 Å². The van der Waals surface area contributed by atoms with Gasteiger partial charge in [0, 0.05) is 36.1 Å². The first kappa shape index (κ1) is 18.5. The van der Waals surface area contributed by atoms with Crippen molar-refractivity contribution in [3.8, 4) is 0 Å². The second kappa shape index (κ2) is 7.66. The summed E-state index contributed by atoms with van der Waals surface area (Å²) in [6, 6.07) is 14.3. The number of carbonyl (C=O) groups is 2. The monoisotopic (exact) mass is 377 g/mol. The standard InChI is InChI=1S/C23H27N3O2/c1-16-14-19(11-12-20(16)25-13-5-8-22(25)27)24-15-23(28)26-17(2)9-10-18-6-3-4-7-21(18)26/h3-4,6-7,11-12,14,17,24H,5,8-10,13,15H2,1-2H3/t17-/m0/s1. The Morgan fingerprint density at radius 3 is 2.71 bits per heavy atom. The van der Waals surface area contributed by atoms with Crippen molar-refractivity contribution < 1.29 is 9.59 Å². The Hall–Kier alpha value is -2.82. The van der Waals surface area contributed by atoms with Crippen LogP contribution in [0.25, 0.3) is 0 Å². The van der Waals surface area contributed by atoms with Crippen molar-refractivity contribution in [2.45, 2.75) is 45.6 Å². The van der Waals surface area contributed by atoms with Crippen LogP contribution in [0.3, 0.4) is 0 Å². The number of para-hydroxylation sites is 1. The molecule has 0 spiro atoms. The third-order valence-electron chi connectivity index (χ3n) is 5.80. The molecule has 5 nitrogen and oxygen atoms in total. The molecule has 0 radical (unpaired) electrons. The molecule has 146 valence electrons. The Kier molecular flexibility index (Phi) is 5.07. The van der Waals surface area contributed by atoms with Crippen LogP contribution in [0.2, 0.25) is 0 Å². The van der Waals surface area contributed by atoms with Crippen LogP contribution < -0.4 is 15.1 Å². The van der Waals surface area contributed by atoms with Gasteiger partial charge in [-0.05, 0) is 68.5 Å². The summed E-state index contributed by atoms with van der Waals surface area (Å²) in [6.45, 7) is 5.16. The smallest absolute Gasteiger partial charge is 0.246 e. The second-order valence-corrected chi connectivity index (χ2v) is 7.78. The van der Waals surface area contributed by atoms with E-state index in [1.807, 2.05) is 53.1 Å². The quantitative estimate of drug-likeness (QED) is 0.879. The summed E-state index contributed by atoms with van der Waals surface area (Å²) in [6.07, 6.45) is 3.55. The molecule has 2 aromatic carbocycles. The highest BCUT2D eigenvalue weighted by molar-refractivity contribution is 5.98. The molecule has 1 fully saturated rings. The Morgan fingerprint density at radius 1 is 1.14 bits per heavy atom. The number of nitrogens with one attached hydrogen (secondary N) is 1. The summed E-state index contributed by atoms with van der Waals surface area (Å²) in [5.74, 6) is 0.271. The van der Waals surface area contributed by atoms with Crippen molar-refractivity contribution in [1.82, 2.24) is 0 Å². The maximum absolute atomic E-state index is 13.0. The largest absolute Gasteiger partial charge is 0.376 e. The molecular formula is C23H27N3O2. The van der Waals surface area contributed by atoms with E-state index in [0.717, 1.165) is 48.4 Å². The summed E-state index contributed by atoms with van der Waals surface area (Å²) in [5.41, 5.74) is 5.19. The van der Waals surface area contributed by atoms with Gasteiger partial charge in [-0.3, -0.25) is 9.59 Å². The zero-order valence-electron chi connectivity index (χ0n) is 16.6. The number of nitrogens with zero attached hydrogens (tertiary/aromatic N) is 2. The Labute approximate surface area is 166 Å². The number of anilines is 3. The molecule has 0 aliphatic carbocycles. The Morgan fingerprint density at radius 2 is 1.96 bits per heavy atom. The first-order chi connectivity index (χ1) is 13.5. The minimum atomic E-state index is 0.0797. The number of carbonyl (C=O) groups excluding carboxylic acids is 2. The third kappa shape index (κ3) is 3.49. The lowest BCUT2D eigenvalue weighted by Gasteiger charge is -2.35. The Balaban J connectivity index is 1.45. The fraction of sp³-hybridized carbons (Fsp3) is 0.391. The van der Waals surface area contributed by atoms with Crippen molar-refractivity contribution in [3.05, 3.63) is 53.6 Å². The van der Waals surface area contributed by atoms with Crippen LogP contribution in [0.15, 0.2) is 42.5 Å². The molecule has 1 saturated heterocycles. The fourth-order valence-electron chi connectivity index (χ4n) is 4.30. The highest BCUT2D eigenvalue weighted by Gasteiger charge is 2.28. The fourth-order valence-corrected chi connectivity index (χ4v) is 4.30. The van der Waals surface area contributed by atoms with E-state index in [1.54, 1.807) is 0 Å². The summed E-state index contributed by atoms with van der Waals surface area (Å²) < 4.78 is 0. The van der Waals surface area contributed by atoms with Crippen LogP contribution >= 0.6 is 0 Å². The van der Waals surface area contributed by atoms with Crippen LogP contribution in [-0.2, 0) is 16.0 Å². The van der Waals surface area contributed by atoms with Crippen molar-refractivity contribution >= 4 is 28.9 Å². The van der Waals surface area contributed by atoms with Gasteiger partial charge < -0.3 is 15.1 Å². The van der Waals surface area contributed by atoms with Crippen molar-refractivity contribution in [2.24, 2.45) is 0 Å². The van der Waals surface area contributed by atoms with E-state index < -0.39 is 0 Å². The van der Waals surface area contributed by atoms with Gasteiger partial charge in [0.2, 0.25) is 11.8 Å². The van der Waals surface area contributed by atoms with Gasteiger partial charge in [0.25, 0.3) is 0 Å². The van der Waals surface area contributed by atoms with Crippen molar-refractivity contribution in [3.63, 3.8) is 0 Å². The number of benzene rings is 2. The van der Waals surface area contributed by atoms with Crippen LogP contribution in [0.5, 0.6) is 0 Å². The summed E-state index contributed by atoms with van der Waals surface area (Å²) in [5, 5.41) is 3.27. The molecule has 2 aliphatic rings. The zero-order valence-corrected chi connectivity index (χ0v) is 16.6. The van der Waals surface area contributed by atoms with Gasteiger partial charge in [-0.2, -0.15) is 0 Å². The molecule has 2 aliphatic heterocycles. The molecule has 0 bridgehead atoms. The lowest BCUT2D eigenvalue weighted by Crippen LogP contribution is -2.44. The van der Waals surface area contributed by atoms with E-state index in [4.69, 9.17) is 0 Å². The molecule has 28 heavy (non-hydrogen) atoms. The van der Waals surface area contributed by atoms with Crippen LogP contribution in [-0.4, -0.2) is 30.9 Å². The predicted octanol–water partition coefficient (Wildman–Crippen LogP) is 3.90. The highest BCUT2D eigenvalue weighted by Crippen LogP contribution is 2.31. The average molecular weight is 377 g/mol. The van der Waals surface area contributed by atoms with Crippen LogP contribution in [0.1, 0.15) is 37.3 Å². The van der Waals surface area contributed by atoms with E-state index in [0.29, 0.717) is 6.42 Å². The predicted molar refractivity (Wildman–Crippen MR) is 113 cm³/mol. The molecule has 2 aromatic rings. The summed E-state index contributed by atoms with van der Waals surface area (Å²) in [7, 11) is 0. The molecule has 1 atom stereocenters.